The lowest BCUT2D eigenvalue weighted by Gasteiger charge is -2.08. The van der Waals surface area contributed by atoms with Gasteiger partial charge in [0.05, 0.1) is 12.6 Å². The predicted octanol–water partition coefficient (Wildman–Crippen LogP) is 2.63. The molecule has 0 aliphatic carbocycles. The summed E-state index contributed by atoms with van der Waals surface area (Å²) >= 11 is 0. The number of carbonyl (C=O) groups is 1. The molecule has 2 rings (SSSR count). The zero-order chi connectivity index (χ0) is 15.2. The summed E-state index contributed by atoms with van der Waals surface area (Å²) in [5.41, 5.74) is 3.21. The standard InChI is InChI=1S/C17H26N2O2/c1-12(2)21-8-4-7-18-11-17(20)14-5-6-16-15(10-14)9-13(3)19-16/h5-6,10,12-13,18-19H,4,7-9,11H2,1-3H3. The average molecular weight is 290 g/mol. The van der Waals surface area contributed by atoms with Crippen molar-refractivity contribution in [2.24, 2.45) is 0 Å². The molecular formula is C17H26N2O2. The molecule has 116 valence electrons. The lowest BCUT2D eigenvalue weighted by Crippen LogP contribution is -2.25. The van der Waals surface area contributed by atoms with Gasteiger partial charge in [0.1, 0.15) is 0 Å². The third-order valence-electron chi connectivity index (χ3n) is 3.59. The molecule has 0 saturated heterocycles. The molecule has 1 aliphatic heterocycles. The first kappa shape index (κ1) is 16.0. The van der Waals surface area contributed by atoms with Gasteiger partial charge in [0, 0.05) is 23.9 Å². The van der Waals surface area contributed by atoms with E-state index in [1.54, 1.807) is 0 Å². The summed E-state index contributed by atoms with van der Waals surface area (Å²) < 4.78 is 5.46. The van der Waals surface area contributed by atoms with Gasteiger partial charge in [-0.25, -0.2) is 0 Å². The van der Waals surface area contributed by atoms with Crippen molar-refractivity contribution in [2.75, 3.05) is 25.0 Å². The summed E-state index contributed by atoms with van der Waals surface area (Å²) in [6, 6.07) is 6.42. The fraction of sp³-hybridized carbons (Fsp3) is 0.588. The van der Waals surface area contributed by atoms with Gasteiger partial charge in [-0.15, -0.1) is 0 Å². The van der Waals surface area contributed by atoms with Crippen LogP contribution in [0.15, 0.2) is 18.2 Å². The first-order valence-corrected chi connectivity index (χ1v) is 7.81. The second kappa shape index (κ2) is 7.57. The van der Waals surface area contributed by atoms with E-state index >= 15 is 0 Å². The minimum atomic E-state index is 0.155. The maximum Gasteiger partial charge on any atom is 0.176 e. The highest BCUT2D eigenvalue weighted by atomic mass is 16.5. The van der Waals surface area contributed by atoms with Crippen LogP contribution in [0.1, 0.15) is 43.1 Å². The first-order chi connectivity index (χ1) is 10.1. The van der Waals surface area contributed by atoms with Gasteiger partial charge in [-0.2, -0.15) is 0 Å². The average Bonchev–Trinajstić information content (AvgIpc) is 2.81. The number of fused-ring (bicyclic) bond motifs is 1. The number of nitrogens with one attached hydrogen (secondary N) is 2. The van der Waals surface area contributed by atoms with E-state index in [1.807, 2.05) is 32.0 Å². The lowest BCUT2D eigenvalue weighted by atomic mass is 10.0. The molecule has 1 heterocycles. The van der Waals surface area contributed by atoms with Crippen LogP contribution in [0.5, 0.6) is 0 Å². The van der Waals surface area contributed by atoms with Crippen LogP contribution in [0.3, 0.4) is 0 Å². The quantitative estimate of drug-likeness (QED) is 0.571. The highest BCUT2D eigenvalue weighted by Gasteiger charge is 2.18. The van der Waals surface area contributed by atoms with Crippen molar-refractivity contribution in [1.29, 1.82) is 0 Å². The number of hydrogen-bond donors (Lipinski definition) is 2. The SMILES string of the molecule is CC1Cc2cc(C(=O)CNCCCOC(C)C)ccc2N1. The molecule has 4 nitrogen and oxygen atoms in total. The number of hydrogen-bond acceptors (Lipinski definition) is 4. The highest BCUT2D eigenvalue weighted by molar-refractivity contribution is 5.98. The summed E-state index contributed by atoms with van der Waals surface area (Å²) in [7, 11) is 0. The van der Waals surface area contributed by atoms with Crippen LogP contribution in [0, 0.1) is 0 Å². The number of benzene rings is 1. The molecule has 1 atom stereocenters. The summed E-state index contributed by atoms with van der Waals surface area (Å²) in [4.78, 5) is 12.2. The van der Waals surface area contributed by atoms with Crippen molar-refractivity contribution in [3.05, 3.63) is 29.3 Å². The second-order valence-electron chi connectivity index (χ2n) is 5.99. The Labute approximate surface area is 127 Å². The van der Waals surface area contributed by atoms with Crippen LogP contribution in [-0.4, -0.2) is 37.6 Å². The van der Waals surface area contributed by atoms with Crippen LogP contribution < -0.4 is 10.6 Å². The number of anilines is 1. The molecule has 1 aliphatic rings. The largest absolute Gasteiger partial charge is 0.382 e. The predicted molar refractivity (Wildman–Crippen MR) is 86.1 cm³/mol. The van der Waals surface area contributed by atoms with Gasteiger partial charge in [0.2, 0.25) is 0 Å². The van der Waals surface area contributed by atoms with Crippen LogP contribution in [0.25, 0.3) is 0 Å². The van der Waals surface area contributed by atoms with Gasteiger partial charge in [-0.1, -0.05) is 0 Å². The van der Waals surface area contributed by atoms with Crippen LogP contribution >= 0.6 is 0 Å². The molecule has 1 unspecified atom stereocenters. The van der Waals surface area contributed by atoms with Gasteiger partial charge in [-0.3, -0.25) is 4.79 Å². The fourth-order valence-corrected chi connectivity index (χ4v) is 2.54. The Kier molecular flexibility index (Phi) is 5.76. The molecule has 0 amide bonds. The second-order valence-corrected chi connectivity index (χ2v) is 5.99. The minimum absolute atomic E-state index is 0.155. The number of ketones is 1. The summed E-state index contributed by atoms with van der Waals surface area (Å²) in [5.74, 6) is 0.155. The van der Waals surface area contributed by atoms with Crippen molar-refractivity contribution in [3.63, 3.8) is 0 Å². The maximum absolute atomic E-state index is 12.2. The summed E-state index contributed by atoms with van der Waals surface area (Å²) in [6.07, 6.45) is 2.20. The van der Waals surface area contributed by atoms with Crippen molar-refractivity contribution in [3.8, 4) is 0 Å². The first-order valence-electron chi connectivity index (χ1n) is 7.81. The summed E-state index contributed by atoms with van der Waals surface area (Å²) in [6.45, 7) is 8.15. The molecule has 0 spiro atoms. The van der Waals surface area contributed by atoms with Crippen LogP contribution in [-0.2, 0) is 11.2 Å². The van der Waals surface area contributed by atoms with Crippen molar-refractivity contribution < 1.29 is 9.53 Å². The molecule has 0 fully saturated rings. The van der Waals surface area contributed by atoms with Crippen molar-refractivity contribution >= 4 is 11.5 Å². The Balaban J connectivity index is 1.73. The van der Waals surface area contributed by atoms with Gasteiger partial charge < -0.3 is 15.4 Å². The van der Waals surface area contributed by atoms with Gasteiger partial charge in [-0.05, 0) is 63.9 Å². The van der Waals surface area contributed by atoms with Crippen molar-refractivity contribution in [1.82, 2.24) is 5.32 Å². The lowest BCUT2D eigenvalue weighted by molar-refractivity contribution is 0.0767. The Hall–Kier alpha value is -1.39. The normalized spacial score (nSPS) is 16.9. The maximum atomic E-state index is 12.2. The van der Waals surface area contributed by atoms with E-state index in [4.69, 9.17) is 4.74 Å². The molecule has 1 aromatic carbocycles. The number of carbonyl (C=O) groups excluding carboxylic acids is 1. The van der Waals surface area contributed by atoms with Gasteiger partial charge >= 0.3 is 0 Å². The van der Waals surface area contributed by atoms with Gasteiger partial charge in [0.15, 0.2) is 5.78 Å². The molecular weight excluding hydrogens is 264 g/mol. The van der Waals surface area contributed by atoms with E-state index in [-0.39, 0.29) is 11.9 Å². The van der Waals surface area contributed by atoms with E-state index in [0.717, 1.165) is 37.2 Å². The van der Waals surface area contributed by atoms with E-state index in [0.29, 0.717) is 12.6 Å². The smallest absolute Gasteiger partial charge is 0.176 e. The molecule has 21 heavy (non-hydrogen) atoms. The van der Waals surface area contributed by atoms with Gasteiger partial charge in [0.25, 0.3) is 0 Å². The Bertz CT molecular complexity index is 486. The highest BCUT2D eigenvalue weighted by Crippen LogP contribution is 2.26. The molecule has 4 heteroatoms. The number of ether oxygens (including phenoxy) is 1. The molecule has 0 aromatic heterocycles. The van der Waals surface area contributed by atoms with E-state index in [9.17, 15) is 4.79 Å². The molecule has 1 aromatic rings. The Morgan fingerprint density at radius 1 is 1.48 bits per heavy atom. The van der Waals surface area contributed by atoms with E-state index in [2.05, 4.69) is 17.6 Å². The molecule has 0 bridgehead atoms. The number of rotatable bonds is 8. The third-order valence-corrected chi connectivity index (χ3v) is 3.59. The minimum Gasteiger partial charge on any atom is -0.382 e. The van der Waals surface area contributed by atoms with E-state index in [1.165, 1.54) is 5.56 Å². The fourth-order valence-electron chi connectivity index (χ4n) is 2.54. The molecule has 2 N–H and O–H groups in total. The van der Waals surface area contributed by atoms with Crippen LogP contribution in [0.4, 0.5) is 5.69 Å². The topological polar surface area (TPSA) is 50.4 Å². The number of Topliss-reactive ketones (excluding diaryl/α,β-unsaturated/α-hetero) is 1. The zero-order valence-electron chi connectivity index (χ0n) is 13.2. The van der Waals surface area contributed by atoms with E-state index < -0.39 is 0 Å². The Morgan fingerprint density at radius 2 is 2.29 bits per heavy atom. The van der Waals surface area contributed by atoms with Crippen molar-refractivity contribution in [2.45, 2.75) is 45.8 Å². The summed E-state index contributed by atoms with van der Waals surface area (Å²) in [5, 5.41) is 6.59. The Morgan fingerprint density at radius 3 is 3.05 bits per heavy atom. The third kappa shape index (κ3) is 4.83. The zero-order valence-corrected chi connectivity index (χ0v) is 13.2. The monoisotopic (exact) mass is 290 g/mol. The molecule has 0 saturated carbocycles. The molecule has 0 radical (unpaired) electrons. The van der Waals surface area contributed by atoms with Crippen LogP contribution in [0.2, 0.25) is 0 Å².